The number of carbonyl (C=O) groups is 1. The maximum Gasteiger partial charge on any atom is 0.336 e. The van der Waals surface area contributed by atoms with Crippen LogP contribution in [0.2, 0.25) is 0 Å². The Kier molecular flexibility index (Phi) is 6.55. The van der Waals surface area contributed by atoms with Crippen LogP contribution >= 0.6 is 0 Å². The molecule has 0 amide bonds. The summed E-state index contributed by atoms with van der Waals surface area (Å²) in [6.07, 6.45) is 1.65. The predicted octanol–water partition coefficient (Wildman–Crippen LogP) is 4.85. The van der Waals surface area contributed by atoms with E-state index in [0.29, 0.717) is 34.8 Å². The SMILES string of the molecule is C=CCOc1ccc(OCc2cc(F)ccc2C(C(=O)O)=C(C)C)cc1. The second-order valence-electron chi connectivity index (χ2n) is 5.84. The molecule has 0 aromatic heterocycles. The standard InChI is InChI=1S/C21H21FO4/c1-4-11-25-17-6-8-18(9-7-17)26-13-15-12-16(22)5-10-19(15)20(14(2)3)21(23)24/h4-10,12H,1,11,13H2,2-3H3,(H,23,24). The van der Waals surface area contributed by atoms with Crippen molar-refractivity contribution in [2.75, 3.05) is 6.61 Å². The van der Waals surface area contributed by atoms with Gasteiger partial charge in [0.1, 0.15) is 30.5 Å². The van der Waals surface area contributed by atoms with Crippen molar-refractivity contribution in [1.29, 1.82) is 0 Å². The molecule has 0 aliphatic rings. The third kappa shape index (κ3) is 4.96. The third-order valence-corrected chi connectivity index (χ3v) is 3.64. The van der Waals surface area contributed by atoms with Crippen LogP contribution in [-0.4, -0.2) is 17.7 Å². The zero-order valence-corrected chi connectivity index (χ0v) is 14.8. The fraction of sp³-hybridized carbons (Fsp3) is 0.190. The smallest absolute Gasteiger partial charge is 0.336 e. The van der Waals surface area contributed by atoms with Gasteiger partial charge in [0, 0.05) is 5.56 Å². The number of aliphatic carboxylic acids is 1. The highest BCUT2D eigenvalue weighted by atomic mass is 19.1. The summed E-state index contributed by atoms with van der Waals surface area (Å²) in [6.45, 7) is 7.46. The van der Waals surface area contributed by atoms with Crippen molar-refractivity contribution in [3.8, 4) is 11.5 Å². The van der Waals surface area contributed by atoms with Gasteiger partial charge in [-0.3, -0.25) is 0 Å². The number of halogens is 1. The highest BCUT2D eigenvalue weighted by Gasteiger charge is 2.17. The Morgan fingerprint density at radius 1 is 1.12 bits per heavy atom. The van der Waals surface area contributed by atoms with Crippen LogP contribution in [0.4, 0.5) is 4.39 Å². The monoisotopic (exact) mass is 356 g/mol. The lowest BCUT2D eigenvalue weighted by molar-refractivity contribution is -0.130. The zero-order valence-electron chi connectivity index (χ0n) is 14.8. The molecule has 0 fully saturated rings. The fourth-order valence-corrected chi connectivity index (χ4v) is 2.47. The lowest BCUT2D eigenvalue weighted by Crippen LogP contribution is -2.07. The second-order valence-corrected chi connectivity index (χ2v) is 5.84. The van der Waals surface area contributed by atoms with Gasteiger partial charge in [0.2, 0.25) is 0 Å². The molecular weight excluding hydrogens is 335 g/mol. The van der Waals surface area contributed by atoms with E-state index in [1.807, 2.05) is 0 Å². The minimum atomic E-state index is -1.05. The van der Waals surface area contributed by atoms with Gasteiger partial charge >= 0.3 is 5.97 Å². The minimum Gasteiger partial charge on any atom is -0.490 e. The molecule has 0 spiro atoms. The molecule has 2 aromatic rings. The summed E-state index contributed by atoms with van der Waals surface area (Å²) in [5, 5.41) is 9.46. The third-order valence-electron chi connectivity index (χ3n) is 3.64. The predicted molar refractivity (Wildman–Crippen MR) is 98.8 cm³/mol. The second kappa shape index (κ2) is 8.85. The molecule has 0 unspecified atom stereocenters. The molecule has 0 aliphatic carbocycles. The van der Waals surface area contributed by atoms with Crippen LogP contribution in [0.3, 0.4) is 0 Å². The lowest BCUT2D eigenvalue weighted by atomic mass is 9.96. The van der Waals surface area contributed by atoms with Crippen molar-refractivity contribution in [3.05, 3.63) is 77.6 Å². The van der Waals surface area contributed by atoms with Crippen LogP contribution in [0.15, 0.2) is 60.7 Å². The van der Waals surface area contributed by atoms with Gasteiger partial charge < -0.3 is 14.6 Å². The van der Waals surface area contributed by atoms with Crippen LogP contribution in [0.5, 0.6) is 11.5 Å². The maximum absolute atomic E-state index is 13.7. The molecule has 1 N–H and O–H groups in total. The summed E-state index contributed by atoms with van der Waals surface area (Å²) >= 11 is 0. The van der Waals surface area contributed by atoms with E-state index in [2.05, 4.69) is 6.58 Å². The number of rotatable bonds is 8. The molecule has 2 rings (SSSR count). The van der Waals surface area contributed by atoms with E-state index in [-0.39, 0.29) is 12.2 Å². The summed E-state index contributed by atoms with van der Waals surface area (Å²) in [7, 11) is 0. The number of carboxylic acid groups (broad SMARTS) is 1. The highest BCUT2D eigenvalue weighted by Crippen LogP contribution is 2.26. The van der Waals surface area contributed by atoms with Crippen molar-refractivity contribution >= 4 is 11.5 Å². The van der Waals surface area contributed by atoms with Crippen LogP contribution in [0.25, 0.3) is 5.57 Å². The average molecular weight is 356 g/mol. The zero-order chi connectivity index (χ0) is 19.1. The number of hydrogen-bond acceptors (Lipinski definition) is 3. The largest absolute Gasteiger partial charge is 0.490 e. The van der Waals surface area contributed by atoms with Crippen LogP contribution in [0.1, 0.15) is 25.0 Å². The van der Waals surface area contributed by atoms with Crippen LogP contribution in [-0.2, 0) is 11.4 Å². The van der Waals surface area contributed by atoms with Gasteiger partial charge in [-0.15, -0.1) is 0 Å². The highest BCUT2D eigenvalue weighted by molar-refractivity contribution is 6.16. The molecule has 0 radical (unpaired) electrons. The van der Waals surface area contributed by atoms with E-state index < -0.39 is 11.8 Å². The number of allylic oxidation sites excluding steroid dienone is 1. The number of carboxylic acids is 1. The molecule has 2 aromatic carbocycles. The molecular formula is C21H21FO4. The molecule has 0 aliphatic heterocycles. The van der Waals surface area contributed by atoms with E-state index in [0.717, 1.165) is 0 Å². The first kappa shape index (κ1) is 19.2. The van der Waals surface area contributed by atoms with Crippen molar-refractivity contribution in [3.63, 3.8) is 0 Å². The minimum absolute atomic E-state index is 0.0456. The van der Waals surface area contributed by atoms with Gasteiger partial charge in [0.25, 0.3) is 0 Å². The Morgan fingerprint density at radius 2 is 1.73 bits per heavy atom. The Bertz CT molecular complexity index is 818. The van der Waals surface area contributed by atoms with Gasteiger partial charge in [-0.25, -0.2) is 9.18 Å². The topological polar surface area (TPSA) is 55.8 Å². The quantitative estimate of drug-likeness (QED) is 0.543. The van der Waals surface area contributed by atoms with E-state index in [9.17, 15) is 14.3 Å². The summed E-state index contributed by atoms with van der Waals surface area (Å²) in [4.78, 5) is 11.6. The fourth-order valence-electron chi connectivity index (χ4n) is 2.47. The summed E-state index contributed by atoms with van der Waals surface area (Å²) in [5.74, 6) is -0.248. The van der Waals surface area contributed by atoms with E-state index in [4.69, 9.17) is 9.47 Å². The molecule has 0 heterocycles. The number of ether oxygens (including phenoxy) is 2. The van der Waals surface area contributed by atoms with E-state index in [1.54, 1.807) is 44.2 Å². The molecule has 0 saturated carbocycles. The van der Waals surface area contributed by atoms with Gasteiger partial charge in [0.05, 0.1) is 5.57 Å². The normalized spacial score (nSPS) is 10.1. The number of benzene rings is 2. The molecule has 0 atom stereocenters. The Balaban J connectivity index is 2.21. The van der Waals surface area contributed by atoms with Crippen LogP contribution in [0, 0.1) is 5.82 Å². The van der Waals surface area contributed by atoms with Crippen molar-refractivity contribution in [1.82, 2.24) is 0 Å². The number of hydrogen-bond donors (Lipinski definition) is 1. The van der Waals surface area contributed by atoms with Crippen LogP contribution < -0.4 is 9.47 Å². The molecule has 0 saturated heterocycles. The van der Waals surface area contributed by atoms with Gasteiger partial charge in [0.15, 0.2) is 0 Å². The summed E-state index contributed by atoms with van der Waals surface area (Å²) in [5.41, 5.74) is 1.70. The summed E-state index contributed by atoms with van der Waals surface area (Å²) in [6, 6.07) is 11.0. The molecule has 0 bridgehead atoms. The van der Waals surface area contributed by atoms with Crippen molar-refractivity contribution in [2.24, 2.45) is 0 Å². The maximum atomic E-state index is 13.7. The van der Waals surface area contributed by atoms with E-state index in [1.165, 1.54) is 18.2 Å². The first-order chi connectivity index (χ1) is 12.4. The van der Waals surface area contributed by atoms with Gasteiger partial charge in [-0.05, 0) is 55.8 Å². The van der Waals surface area contributed by atoms with E-state index >= 15 is 0 Å². The van der Waals surface area contributed by atoms with Gasteiger partial charge in [-0.1, -0.05) is 24.3 Å². The average Bonchev–Trinajstić information content (AvgIpc) is 2.60. The van der Waals surface area contributed by atoms with Gasteiger partial charge in [-0.2, -0.15) is 0 Å². The lowest BCUT2D eigenvalue weighted by Gasteiger charge is -2.13. The Hall–Kier alpha value is -3.08. The Morgan fingerprint density at radius 3 is 2.27 bits per heavy atom. The van der Waals surface area contributed by atoms with Crippen molar-refractivity contribution in [2.45, 2.75) is 20.5 Å². The molecule has 4 nitrogen and oxygen atoms in total. The molecule has 136 valence electrons. The molecule has 26 heavy (non-hydrogen) atoms. The molecule has 5 heteroatoms. The Labute approximate surface area is 152 Å². The summed E-state index contributed by atoms with van der Waals surface area (Å²) < 4.78 is 24.8. The van der Waals surface area contributed by atoms with Crippen molar-refractivity contribution < 1.29 is 23.8 Å². The first-order valence-corrected chi connectivity index (χ1v) is 8.08. The first-order valence-electron chi connectivity index (χ1n) is 8.08.